The Bertz CT molecular complexity index is 591. The monoisotopic (exact) mass is 281 g/mol. The van der Waals surface area contributed by atoms with E-state index in [1.165, 1.54) is 36.0 Å². The minimum absolute atomic E-state index is 0.340. The van der Waals surface area contributed by atoms with Crippen molar-refractivity contribution in [2.75, 3.05) is 7.11 Å². The number of fused-ring (bicyclic) bond motifs is 1. The van der Waals surface area contributed by atoms with Crippen molar-refractivity contribution in [3.8, 4) is 5.75 Å². The smallest absolute Gasteiger partial charge is 0.118 e. The first kappa shape index (κ1) is 14.2. The molecule has 0 fully saturated rings. The summed E-state index contributed by atoms with van der Waals surface area (Å²) in [7, 11) is 1.70. The topological polar surface area (TPSA) is 21.3 Å². The molecular weight excluding hydrogens is 258 g/mol. The van der Waals surface area contributed by atoms with E-state index in [4.69, 9.17) is 4.74 Å². The van der Waals surface area contributed by atoms with Gasteiger partial charge in [-0.2, -0.15) is 0 Å². The molecule has 2 aromatic carbocycles. The molecule has 1 aliphatic rings. The zero-order valence-corrected chi connectivity index (χ0v) is 12.8. The van der Waals surface area contributed by atoms with E-state index in [1.54, 1.807) is 7.11 Å². The number of rotatable bonds is 4. The zero-order valence-electron chi connectivity index (χ0n) is 12.8. The summed E-state index contributed by atoms with van der Waals surface area (Å²) in [6.45, 7) is 2.24. The number of hydrogen-bond acceptors (Lipinski definition) is 2. The molecule has 0 radical (unpaired) electrons. The Hall–Kier alpha value is -1.80. The summed E-state index contributed by atoms with van der Waals surface area (Å²) < 4.78 is 5.22. The molecule has 0 saturated heterocycles. The molecule has 0 aromatic heterocycles. The molecule has 110 valence electrons. The molecule has 1 N–H and O–H groups in total. The molecule has 2 atom stereocenters. The zero-order chi connectivity index (χ0) is 14.7. The van der Waals surface area contributed by atoms with Gasteiger partial charge in [-0.3, -0.25) is 0 Å². The van der Waals surface area contributed by atoms with Gasteiger partial charge >= 0.3 is 0 Å². The van der Waals surface area contributed by atoms with Gasteiger partial charge in [0.15, 0.2) is 0 Å². The Morgan fingerprint density at radius 1 is 1.10 bits per heavy atom. The van der Waals surface area contributed by atoms with E-state index in [1.807, 2.05) is 12.1 Å². The van der Waals surface area contributed by atoms with E-state index in [0.29, 0.717) is 12.1 Å². The molecule has 0 aliphatic heterocycles. The number of aryl methyl sites for hydroxylation is 1. The highest BCUT2D eigenvalue weighted by molar-refractivity contribution is 5.33. The summed E-state index contributed by atoms with van der Waals surface area (Å²) in [5.41, 5.74) is 4.28. The number of nitrogens with one attached hydrogen (secondary N) is 1. The van der Waals surface area contributed by atoms with E-state index < -0.39 is 0 Å². The maximum absolute atomic E-state index is 5.22. The number of ether oxygens (including phenoxy) is 1. The molecule has 1 aliphatic carbocycles. The van der Waals surface area contributed by atoms with Crippen LogP contribution in [0.2, 0.25) is 0 Å². The minimum Gasteiger partial charge on any atom is -0.497 e. The Balaban J connectivity index is 1.74. The van der Waals surface area contributed by atoms with Crippen molar-refractivity contribution in [1.29, 1.82) is 0 Å². The fraction of sp³-hybridized carbons (Fsp3) is 0.368. The molecule has 2 nitrogen and oxygen atoms in total. The van der Waals surface area contributed by atoms with Gasteiger partial charge in [-0.05, 0) is 55.0 Å². The van der Waals surface area contributed by atoms with E-state index in [-0.39, 0.29) is 0 Å². The van der Waals surface area contributed by atoms with Crippen LogP contribution in [0.5, 0.6) is 5.75 Å². The molecule has 0 spiro atoms. The number of benzene rings is 2. The Morgan fingerprint density at radius 3 is 2.62 bits per heavy atom. The SMILES string of the molecule is COc1ccc(C(C)NC2CCCc3ccccc32)cc1. The third kappa shape index (κ3) is 3.11. The maximum atomic E-state index is 5.22. The van der Waals surface area contributed by atoms with Gasteiger partial charge in [0, 0.05) is 12.1 Å². The van der Waals surface area contributed by atoms with Crippen LogP contribution in [0.3, 0.4) is 0 Å². The lowest BCUT2D eigenvalue weighted by molar-refractivity contribution is 0.409. The predicted molar refractivity (Wildman–Crippen MR) is 86.7 cm³/mol. The highest BCUT2D eigenvalue weighted by Crippen LogP contribution is 2.31. The fourth-order valence-electron chi connectivity index (χ4n) is 3.22. The van der Waals surface area contributed by atoms with Gasteiger partial charge in [-0.25, -0.2) is 0 Å². The van der Waals surface area contributed by atoms with Gasteiger partial charge in [-0.15, -0.1) is 0 Å². The summed E-state index contributed by atoms with van der Waals surface area (Å²) >= 11 is 0. The molecule has 2 heteroatoms. The molecule has 0 amide bonds. The van der Waals surface area contributed by atoms with Gasteiger partial charge in [0.05, 0.1) is 7.11 Å². The van der Waals surface area contributed by atoms with Crippen LogP contribution in [0.15, 0.2) is 48.5 Å². The third-order valence-electron chi connectivity index (χ3n) is 4.44. The first-order valence-corrected chi connectivity index (χ1v) is 7.75. The van der Waals surface area contributed by atoms with Crippen molar-refractivity contribution >= 4 is 0 Å². The lowest BCUT2D eigenvalue weighted by atomic mass is 9.87. The van der Waals surface area contributed by atoms with Gasteiger partial charge < -0.3 is 10.1 Å². The Kier molecular flexibility index (Phi) is 4.26. The number of hydrogen-bond donors (Lipinski definition) is 1. The fourth-order valence-corrected chi connectivity index (χ4v) is 3.22. The van der Waals surface area contributed by atoms with Crippen LogP contribution in [-0.2, 0) is 6.42 Å². The van der Waals surface area contributed by atoms with Crippen molar-refractivity contribution in [3.63, 3.8) is 0 Å². The predicted octanol–water partition coefficient (Wildman–Crippen LogP) is 4.42. The largest absolute Gasteiger partial charge is 0.497 e. The van der Waals surface area contributed by atoms with Crippen LogP contribution in [0.4, 0.5) is 0 Å². The minimum atomic E-state index is 0.340. The molecule has 2 aromatic rings. The molecule has 21 heavy (non-hydrogen) atoms. The Morgan fingerprint density at radius 2 is 1.86 bits per heavy atom. The van der Waals surface area contributed by atoms with Crippen molar-refractivity contribution < 1.29 is 4.74 Å². The molecule has 3 rings (SSSR count). The Labute approximate surface area is 127 Å². The summed E-state index contributed by atoms with van der Waals surface area (Å²) in [6.07, 6.45) is 3.70. The van der Waals surface area contributed by atoms with Gasteiger partial charge in [0.2, 0.25) is 0 Å². The van der Waals surface area contributed by atoms with E-state index in [9.17, 15) is 0 Å². The molecular formula is C19H23NO. The normalized spacial score (nSPS) is 18.9. The van der Waals surface area contributed by atoms with Crippen LogP contribution in [0.25, 0.3) is 0 Å². The highest BCUT2D eigenvalue weighted by Gasteiger charge is 2.21. The van der Waals surface area contributed by atoms with Gasteiger partial charge in [-0.1, -0.05) is 36.4 Å². The quantitative estimate of drug-likeness (QED) is 0.895. The van der Waals surface area contributed by atoms with Crippen LogP contribution >= 0.6 is 0 Å². The second-order valence-electron chi connectivity index (χ2n) is 5.81. The van der Waals surface area contributed by atoms with E-state index >= 15 is 0 Å². The summed E-state index contributed by atoms with van der Waals surface area (Å²) in [5.74, 6) is 0.911. The number of methoxy groups -OCH3 is 1. The van der Waals surface area contributed by atoms with E-state index in [0.717, 1.165) is 5.75 Å². The van der Waals surface area contributed by atoms with Crippen LogP contribution in [0.1, 0.15) is 48.5 Å². The second-order valence-corrected chi connectivity index (χ2v) is 5.81. The van der Waals surface area contributed by atoms with Gasteiger partial charge in [0.1, 0.15) is 5.75 Å². The van der Waals surface area contributed by atoms with Crippen molar-refractivity contribution in [2.45, 2.75) is 38.3 Å². The molecule has 2 unspecified atom stereocenters. The molecule has 0 heterocycles. The van der Waals surface area contributed by atoms with Crippen molar-refractivity contribution in [1.82, 2.24) is 5.32 Å². The molecule has 0 saturated carbocycles. The summed E-state index contributed by atoms with van der Waals surface area (Å²) in [5, 5.41) is 3.79. The lowest BCUT2D eigenvalue weighted by Gasteiger charge is -2.29. The van der Waals surface area contributed by atoms with Crippen LogP contribution in [-0.4, -0.2) is 7.11 Å². The standard InChI is InChI=1S/C19H23NO/c1-14(15-10-12-17(21-2)13-11-15)20-19-9-5-7-16-6-3-4-8-18(16)19/h3-4,6,8,10-14,19-20H,5,7,9H2,1-2H3. The second kappa shape index (κ2) is 6.31. The average molecular weight is 281 g/mol. The maximum Gasteiger partial charge on any atom is 0.118 e. The van der Waals surface area contributed by atoms with E-state index in [2.05, 4.69) is 48.6 Å². The summed E-state index contributed by atoms with van der Waals surface area (Å²) in [6, 6.07) is 18.0. The summed E-state index contributed by atoms with van der Waals surface area (Å²) in [4.78, 5) is 0. The average Bonchev–Trinajstić information content (AvgIpc) is 2.55. The molecule has 0 bridgehead atoms. The van der Waals surface area contributed by atoms with Crippen molar-refractivity contribution in [3.05, 3.63) is 65.2 Å². The van der Waals surface area contributed by atoms with Crippen LogP contribution < -0.4 is 10.1 Å². The first-order valence-electron chi connectivity index (χ1n) is 7.75. The van der Waals surface area contributed by atoms with Crippen molar-refractivity contribution in [2.24, 2.45) is 0 Å². The third-order valence-corrected chi connectivity index (χ3v) is 4.44. The van der Waals surface area contributed by atoms with Gasteiger partial charge in [0.25, 0.3) is 0 Å². The van der Waals surface area contributed by atoms with Crippen LogP contribution in [0, 0.1) is 0 Å². The lowest BCUT2D eigenvalue weighted by Crippen LogP contribution is -2.27. The first-order chi connectivity index (χ1) is 10.3. The highest BCUT2D eigenvalue weighted by atomic mass is 16.5.